The second-order valence-electron chi connectivity index (χ2n) is 5.30. The van der Waals surface area contributed by atoms with Crippen LogP contribution in [0, 0.1) is 13.8 Å². The molecule has 0 heterocycles. The summed E-state index contributed by atoms with van der Waals surface area (Å²) in [5.74, 6) is 0.873. The maximum Gasteiger partial charge on any atom is 0.243 e. The average molecular weight is 293 g/mol. The molecule has 0 saturated heterocycles. The number of rotatable bonds is 10. The van der Waals surface area contributed by atoms with Crippen LogP contribution in [0.25, 0.3) is 0 Å². The molecule has 0 saturated carbocycles. The Labute approximate surface area is 127 Å². The van der Waals surface area contributed by atoms with Crippen molar-refractivity contribution in [1.82, 2.24) is 5.48 Å². The van der Waals surface area contributed by atoms with Gasteiger partial charge in [0.25, 0.3) is 0 Å². The third-order valence-electron chi connectivity index (χ3n) is 3.19. The topological polar surface area (TPSA) is 47.6 Å². The van der Waals surface area contributed by atoms with E-state index in [1.54, 1.807) is 0 Å². The molecule has 4 heteroatoms. The second kappa shape index (κ2) is 10.2. The molecule has 0 radical (unpaired) electrons. The average Bonchev–Trinajstić information content (AvgIpc) is 2.46. The normalized spacial score (nSPS) is 10.4. The van der Waals surface area contributed by atoms with Gasteiger partial charge in [0.05, 0.1) is 13.2 Å². The van der Waals surface area contributed by atoms with Crippen molar-refractivity contribution in [3.05, 3.63) is 29.3 Å². The molecule has 0 aliphatic heterocycles. The Hall–Kier alpha value is -1.55. The first kappa shape index (κ1) is 17.5. The van der Waals surface area contributed by atoms with Crippen LogP contribution in [0.5, 0.6) is 5.75 Å². The molecule has 0 unspecified atom stereocenters. The van der Waals surface area contributed by atoms with E-state index in [9.17, 15) is 4.79 Å². The number of carbonyl (C=O) groups excluding carboxylic acids is 1. The number of carbonyl (C=O) groups is 1. The summed E-state index contributed by atoms with van der Waals surface area (Å²) in [5, 5.41) is 0. The SMILES string of the molecule is CCCCCC(=O)NOCCCOc1cc(C)ccc1C. The molecule has 1 N–H and O–H groups in total. The minimum Gasteiger partial charge on any atom is -0.493 e. The fourth-order valence-corrected chi connectivity index (χ4v) is 1.89. The number of amides is 1. The molecule has 4 nitrogen and oxygen atoms in total. The third kappa shape index (κ3) is 7.71. The van der Waals surface area contributed by atoms with Gasteiger partial charge in [-0.3, -0.25) is 9.63 Å². The summed E-state index contributed by atoms with van der Waals surface area (Å²) >= 11 is 0. The van der Waals surface area contributed by atoms with Gasteiger partial charge in [0.15, 0.2) is 0 Å². The van der Waals surface area contributed by atoms with Crippen LogP contribution in [0.2, 0.25) is 0 Å². The standard InChI is InChI=1S/C17H27NO3/c1-4-5-6-8-17(19)18-21-12-7-11-20-16-13-14(2)9-10-15(16)3/h9-10,13H,4-8,11-12H2,1-3H3,(H,18,19). The van der Waals surface area contributed by atoms with Gasteiger partial charge in [-0.2, -0.15) is 0 Å². The third-order valence-corrected chi connectivity index (χ3v) is 3.19. The van der Waals surface area contributed by atoms with Gasteiger partial charge in [-0.25, -0.2) is 5.48 Å². The lowest BCUT2D eigenvalue weighted by Gasteiger charge is -2.10. The fraction of sp³-hybridized carbons (Fsp3) is 0.588. The number of hydrogen-bond donors (Lipinski definition) is 1. The molecule has 1 rings (SSSR count). The molecule has 0 aliphatic carbocycles. The van der Waals surface area contributed by atoms with E-state index in [0.29, 0.717) is 19.6 Å². The number of hydroxylamine groups is 1. The first-order valence-corrected chi connectivity index (χ1v) is 7.74. The largest absolute Gasteiger partial charge is 0.493 e. The number of unbranched alkanes of at least 4 members (excludes halogenated alkanes) is 2. The van der Waals surface area contributed by atoms with E-state index in [2.05, 4.69) is 24.5 Å². The van der Waals surface area contributed by atoms with Crippen LogP contribution < -0.4 is 10.2 Å². The Morgan fingerprint density at radius 3 is 2.71 bits per heavy atom. The van der Waals surface area contributed by atoms with Crippen molar-refractivity contribution in [2.45, 2.75) is 52.9 Å². The summed E-state index contributed by atoms with van der Waals surface area (Å²) in [7, 11) is 0. The minimum atomic E-state index is -0.0427. The van der Waals surface area contributed by atoms with Crippen molar-refractivity contribution < 1.29 is 14.4 Å². The second-order valence-corrected chi connectivity index (χ2v) is 5.30. The van der Waals surface area contributed by atoms with Gasteiger partial charge in [0, 0.05) is 12.8 Å². The molecular weight excluding hydrogens is 266 g/mol. The Morgan fingerprint density at radius 1 is 1.14 bits per heavy atom. The number of benzene rings is 1. The van der Waals surface area contributed by atoms with Gasteiger partial charge >= 0.3 is 0 Å². The van der Waals surface area contributed by atoms with E-state index in [1.807, 2.05) is 19.9 Å². The molecule has 0 aliphatic rings. The van der Waals surface area contributed by atoms with Crippen LogP contribution in [0.15, 0.2) is 18.2 Å². The lowest BCUT2D eigenvalue weighted by molar-refractivity contribution is -0.133. The monoisotopic (exact) mass is 293 g/mol. The molecule has 1 aromatic rings. The fourth-order valence-electron chi connectivity index (χ4n) is 1.89. The van der Waals surface area contributed by atoms with E-state index in [-0.39, 0.29) is 5.91 Å². The zero-order chi connectivity index (χ0) is 15.5. The van der Waals surface area contributed by atoms with Gasteiger partial charge < -0.3 is 4.74 Å². The minimum absolute atomic E-state index is 0.0427. The number of ether oxygens (including phenoxy) is 1. The molecule has 0 fully saturated rings. The highest BCUT2D eigenvalue weighted by Crippen LogP contribution is 2.19. The van der Waals surface area contributed by atoms with E-state index >= 15 is 0 Å². The quantitative estimate of drug-likeness (QED) is 0.528. The molecule has 0 bridgehead atoms. The first-order chi connectivity index (χ1) is 10.1. The Morgan fingerprint density at radius 2 is 1.95 bits per heavy atom. The lowest BCUT2D eigenvalue weighted by Crippen LogP contribution is -2.24. The first-order valence-electron chi connectivity index (χ1n) is 7.74. The van der Waals surface area contributed by atoms with Crippen LogP contribution in [0.3, 0.4) is 0 Å². The van der Waals surface area contributed by atoms with Crippen molar-refractivity contribution in [2.24, 2.45) is 0 Å². The van der Waals surface area contributed by atoms with Gasteiger partial charge in [0.1, 0.15) is 5.75 Å². The smallest absolute Gasteiger partial charge is 0.243 e. The zero-order valence-electron chi connectivity index (χ0n) is 13.4. The van der Waals surface area contributed by atoms with E-state index in [0.717, 1.165) is 37.0 Å². The van der Waals surface area contributed by atoms with Crippen LogP contribution in [0.1, 0.15) is 50.2 Å². The molecule has 0 spiro atoms. The van der Waals surface area contributed by atoms with Crippen molar-refractivity contribution >= 4 is 5.91 Å². The molecule has 0 atom stereocenters. The molecule has 1 amide bonds. The number of hydrogen-bond acceptors (Lipinski definition) is 3. The van der Waals surface area contributed by atoms with Gasteiger partial charge in [0.2, 0.25) is 5.91 Å². The zero-order valence-corrected chi connectivity index (χ0v) is 13.4. The Kier molecular flexibility index (Phi) is 8.51. The summed E-state index contributed by atoms with van der Waals surface area (Å²) in [6.07, 6.45) is 4.39. The van der Waals surface area contributed by atoms with Crippen LogP contribution in [0.4, 0.5) is 0 Å². The highest BCUT2D eigenvalue weighted by molar-refractivity contribution is 5.74. The van der Waals surface area contributed by atoms with Gasteiger partial charge in [-0.05, 0) is 37.5 Å². The summed E-state index contributed by atoms with van der Waals surface area (Å²) in [6.45, 7) is 7.23. The van der Waals surface area contributed by atoms with Crippen LogP contribution >= 0.6 is 0 Å². The molecule has 118 valence electrons. The summed E-state index contributed by atoms with van der Waals surface area (Å²) in [4.78, 5) is 16.5. The summed E-state index contributed by atoms with van der Waals surface area (Å²) in [5.41, 5.74) is 4.78. The number of nitrogens with one attached hydrogen (secondary N) is 1. The summed E-state index contributed by atoms with van der Waals surface area (Å²) < 4.78 is 5.71. The van der Waals surface area contributed by atoms with Crippen molar-refractivity contribution in [3.8, 4) is 5.75 Å². The number of aryl methyl sites for hydroxylation is 2. The van der Waals surface area contributed by atoms with Crippen molar-refractivity contribution in [3.63, 3.8) is 0 Å². The van der Waals surface area contributed by atoms with E-state index in [1.165, 1.54) is 5.56 Å². The van der Waals surface area contributed by atoms with Gasteiger partial charge in [-0.1, -0.05) is 31.9 Å². The van der Waals surface area contributed by atoms with Crippen LogP contribution in [-0.2, 0) is 9.63 Å². The highest BCUT2D eigenvalue weighted by Gasteiger charge is 2.01. The van der Waals surface area contributed by atoms with Crippen molar-refractivity contribution in [1.29, 1.82) is 0 Å². The Balaban J connectivity index is 2.07. The van der Waals surface area contributed by atoms with E-state index < -0.39 is 0 Å². The molecule has 0 aromatic heterocycles. The van der Waals surface area contributed by atoms with Crippen molar-refractivity contribution in [2.75, 3.05) is 13.2 Å². The predicted molar refractivity (Wildman–Crippen MR) is 84.3 cm³/mol. The molecular formula is C17H27NO3. The van der Waals surface area contributed by atoms with E-state index in [4.69, 9.17) is 9.57 Å². The highest BCUT2D eigenvalue weighted by atomic mass is 16.7. The maximum atomic E-state index is 11.4. The maximum absolute atomic E-state index is 11.4. The molecule has 21 heavy (non-hydrogen) atoms. The van der Waals surface area contributed by atoms with Crippen LogP contribution in [-0.4, -0.2) is 19.1 Å². The molecule has 1 aromatic carbocycles. The summed E-state index contributed by atoms with van der Waals surface area (Å²) in [6, 6.07) is 6.16. The Bertz CT molecular complexity index is 432. The van der Waals surface area contributed by atoms with Gasteiger partial charge in [-0.15, -0.1) is 0 Å². The lowest BCUT2D eigenvalue weighted by atomic mass is 10.1. The predicted octanol–water partition coefficient (Wildman–Crippen LogP) is 3.70.